The molecule has 0 aromatic heterocycles. The van der Waals surface area contributed by atoms with Gasteiger partial charge in [0.15, 0.2) is 0 Å². The highest BCUT2D eigenvalue weighted by molar-refractivity contribution is 5.93. The van der Waals surface area contributed by atoms with E-state index in [9.17, 15) is 30.0 Å². The number of aliphatic hydroxyl groups excluding tert-OH is 1. The predicted octanol–water partition coefficient (Wildman–Crippen LogP) is 5.84. The Morgan fingerprint density at radius 2 is 1.79 bits per heavy atom. The van der Waals surface area contributed by atoms with Gasteiger partial charge in [0, 0.05) is 11.8 Å². The Morgan fingerprint density at radius 3 is 2.33 bits per heavy atom. The largest absolute Gasteiger partial charge is 0.507 e. The summed E-state index contributed by atoms with van der Waals surface area (Å²) in [6.07, 6.45) is 3.34. The van der Waals surface area contributed by atoms with Gasteiger partial charge in [-0.2, -0.15) is 0 Å². The van der Waals surface area contributed by atoms with Crippen molar-refractivity contribution in [3.05, 3.63) is 28.8 Å². The number of carbonyl (C=O) groups is 2. The Morgan fingerprint density at radius 1 is 1.12 bits per heavy atom. The molecule has 0 saturated carbocycles. The number of hydrogen-bond donors (Lipinski definition) is 4. The van der Waals surface area contributed by atoms with Gasteiger partial charge < -0.3 is 29.9 Å². The number of aryl methyl sites for hydroxylation is 2. The number of benzene rings is 1. The number of carboxylic acid groups (broad SMARTS) is 1. The lowest BCUT2D eigenvalue weighted by molar-refractivity contribution is -0.229. The fraction of sp³-hybridized carbons (Fsp3) is 0.765. The van der Waals surface area contributed by atoms with E-state index < -0.39 is 29.2 Å². The maximum atomic E-state index is 13.9. The molecule has 4 N–H and O–H groups in total. The summed E-state index contributed by atoms with van der Waals surface area (Å²) < 4.78 is 13.2. The summed E-state index contributed by atoms with van der Waals surface area (Å²) in [6, 6.07) is 3.40. The van der Waals surface area contributed by atoms with Gasteiger partial charge in [0.25, 0.3) is 0 Å². The molecule has 0 spiro atoms. The van der Waals surface area contributed by atoms with Gasteiger partial charge >= 0.3 is 5.97 Å². The van der Waals surface area contributed by atoms with Crippen molar-refractivity contribution in [2.75, 3.05) is 0 Å². The molecule has 3 rings (SSSR count). The Bertz CT molecular complexity index is 1100. The zero-order valence-electron chi connectivity index (χ0n) is 26.9. The van der Waals surface area contributed by atoms with Crippen molar-refractivity contribution >= 4 is 11.8 Å². The summed E-state index contributed by atoms with van der Waals surface area (Å²) in [7, 11) is 0. The maximum Gasteiger partial charge on any atom is 0.339 e. The zero-order chi connectivity index (χ0) is 31.6. The summed E-state index contributed by atoms with van der Waals surface area (Å²) in [5, 5.41) is 42.1. The minimum Gasteiger partial charge on any atom is -0.507 e. The van der Waals surface area contributed by atoms with Gasteiger partial charge in [-0.3, -0.25) is 4.79 Å². The van der Waals surface area contributed by atoms with Crippen LogP contribution in [0.3, 0.4) is 0 Å². The van der Waals surface area contributed by atoms with Crippen LogP contribution in [0.1, 0.15) is 115 Å². The molecule has 2 heterocycles. The predicted molar refractivity (Wildman–Crippen MR) is 162 cm³/mol. The van der Waals surface area contributed by atoms with E-state index in [1.54, 1.807) is 26.0 Å². The number of aromatic carboxylic acids is 1. The first-order valence-corrected chi connectivity index (χ1v) is 16.0. The van der Waals surface area contributed by atoms with Crippen LogP contribution in [0.5, 0.6) is 5.75 Å². The zero-order valence-corrected chi connectivity index (χ0v) is 26.9. The highest BCUT2D eigenvalue weighted by Crippen LogP contribution is 2.48. The van der Waals surface area contributed by atoms with E-state index in [4.69, 9.17) is 9.47 Å². The third-order valence-electron chi connectivity index (χ3n) is 10.7. The van der Waals surface area contributed by atoms with Crippen molar-refractivity contribution in [2.24, 2.45) is 23.7 Å². The minimum atomic E-state index is -1.18. The number of hydrogen-bond acceptors (Lipinski definition) is 7. The van der Waals surface area contributed by atoms with Crippen molar-refractivity contribution in [2.45, 2.75) is 142 Å². The van der Waals surface area contributed by atoms with Crippen LogP contribution in [-0.2, 0) is 20.7 Å². The number of aliphatic hydroxyl groups is 2. The average molecular weight is 591 g/mol. The molecule has 2 aliphatic heterocycles. The minimum absolute atomic E-state index is 0.0157. The normalized spacial score (nSPS) is 32.7. The Labute approximate surface area is 251 Å². The molecule has 2 saturated heterocycles. The molecule has 2 aliphatic rings. The van der Waals surface area contributed by atoms with Gasteiger partial charge in [-0.25, -0.2) is 4.79 Å². The van der Waals surface area contributed by atoms with Gasteiger partial charge in [0.1, 0.15) is 17.1 Å². The van der Waals surface area contributed by atoms with Crippen LogP contribution in [0.15, 0.2) is 12.1 Å². The summed E-state index contributed by atoms with van der Waals surface area (Å²) in [5.74, 6) is -2.55. The van der Waals surface area contributed by atoms with E-state index >= 15 is 0 Å². The van der Waals surface area contributed by atoms with E-state index in [0.717, 1.165) is 12.8 Å². The molecule has 8 nitrogen and oxygen atoms in total. The van der Waals surface area contributed by atoms with Gasteiger partial charge in [0.05, 0.1) is 35.6 Å². The summed E-state index contributed by atoms with van der Waals surface area (Å²) in [6.45, 7) is 15.4. The third kappa shape index (κ3) is 6.72. The quantitative estimate of drug-likeness (QED) is 0.225. The molecule has 0 unspecified atom stereocenters. The van der Waals surface area contributed by atoms with Gasteiger partial charge in [-0.05, 0) is 88.2 Å². The van der Waals surface area contributed by atoms with E-state index in [1.807, 2.05) is 27.7 Å². The Balaban J connectivity index is 1.69. The van der Waals surface area contributed by atoms with Gasteiger partial charge in [0.2, 0.25) is 0 Å². The first-order chi connectivity index (χ1) is 19.7. The lowest BCUT2D eigenvalue weighted by Gasteiger charge is -2.47. The lowest BCUT2D eigenvalue weighted by Crippen LogP contribution is -2.55. The second-order valence-electron chi connectivity index (χ2n) is 13.2. The molecule has 0 bridgehead atoms. The van der Waals surface area contributed by atoms with E-state index in [0.29, 0.717) is 49.7 Å². The van der Waals surface area contributed by atoms with Crippen molar-refractivity contribution in [1.82, 2.24) is 0 Å². The third-order valence-corrected chi connectivity index (χ3v) is 10.7. The van der Waals surface area contributed by atoms with Crippen LogP contribution in [-0.4, -0.2) is 67.8 Å². The number of rotatable bonds is 13. The van der Waals surface area contributed by atoms with Crippen LogP contribution < -0.4 is 0 Å². The first kappa shape index (κ1) is 34.5. The second-order valence-corrected chi connectivity index (χ2v) is 13.2. The molecule has 0 amide bonds. The van der Waals surface area contributed by atoms with Crippen LogP contribution in [0, 0.1) is 30.6 Å². The van der Waals surface area contributed by atoms with Crippen LogP contribution in [0.4, 0.5) is 0 Å². The molecule has 238 valence electrons. The molecule has 1 aromatic rings. The van der Waals surface area contributed by atoms with Gasteiger partial charge in [-0.15, -0.1) is 0 Å². The fourth-order valence-electron chi connectivity index (χ4n) is 7.45. The molecule has 0 radical (unpaired) electrons. The Hall–Kier alpha value is -2.00. The number of phenols is 1. The van der Waals surface area contributed by atoms with Crippen LogP contribution in [0.2, 0.25) is 0 Å². The SMILES string of the molecule is CC[C@H](C(=O)[C@H](C)[C@H](O)[C@H](C)CCc1ccc(C)c(O)c1C(=O)O)[C@H]1O[C@@](CC)([C@@H]2CC[C@@](O)(CC)[C@H](C)O2)C[C@@H]1C. The average Bonchev–Trinajstić information content (AvgIpc) is 3.31. The fourth-order valence-corrected chi connectivity index (χ4v) is 7.45. The molecule has 0 aliphatic carbocycles. The van der Waals surface area contributed by atoms with E-state index in [1.165, 1.54) is 0 Å². The van der Waals surface area contributed by atoms with Crippen LogP contribution >= 0.6 is 0 Å². The van der Waals surface area contributed by atoms with Crippen LogP contribution in [0.25, 0.3) is 0 Å². The lowest BCUT2D eigenvalue weighted by atomic mass is 9.76. The highest BCUT2D eigenvalue weighted by atomic mass is 16.6. The number of aromatic hydroxyl groups is 1. The molecule has 2 fully saturated rings. The standard InChI is InChI=1S/C34H54O8/c1-9-25(31-21(6)18-34(11-3,42-31)26-16-17-33(40,10-2)23(8)41-26)30(37)22(7)28(35)19(4)12-14-24-15-13-20(5)29(36)27(24)32(38)39/h13,15,19,21-23,25-26,28,31,35-36,40H,9-12,14,16-18H2,1-8H3,(H,38,39)/t19-,21+,22-,23+,25-,26+,28-,31+,33+,34-/m1/s1. The van der Waals surface area contributed by atoms with Crippen molar-refractivity contribution in [1.29, 1.82) is 0 Å². The van der Waals surface area contributed by atoms with Crippen molar-refractivity contribution in [3.8, 4) is 5.75 Å². The molecule has 1 aromatic carbocycles. The summed E-state index contributed by atoms with van der Waals surface area (Å²) in [4.78, 5) is 25.7. The summed E-state index contributed by atoms with van der Waals surface area (Å²) in [5.41, 5.74) is -0.437. The molecule has 10 atom stereocenters. The number of ether oxygens (including phenoxy) is 2. The van der Waals surface area contributed by atoms with Crippen molar-refractivity contribution in [3.63, 3.8) is 0 Å². The van der Waals surface area contributed by atoms with Gasteiger partial charge in [-0.1, -0.05) is 53.7 Å². The second kappa shape index (κ2) is 13.7. The highest BCUT2D eigenvalue weighted by Gasteiger charge is 2.55. The molecule has 8 heteroatoms. The van der Waals surface area contributed by atoms with Crippen molar-refractivity contribution < 1.29 is 39.5 Å². The van der Waals surface area contributed by atoms with E-state index in [-0.39, 0.29) is 53.2 Å². The topological polar surface area (TPSA) is 134 Å². The molecule has 42 heavy (non-hydrogen) atoms. The summed E-state index contributed by atoms with van der Waals surface area (Å²) >= 11 is 0. The molecular weight excluding hydrogens is 536 g/mol. The smallest absolute Gasteiger partial charge is 0.339 e. The number of carboxylic acids is 1. The number of ketones is 1. The first-order valence-electron chi connectivity index (χ1n) is 16.0. The maximum absolute atomic E-state index is 13.9. The number of carbonyl (C=O) groups excluding carboxylic acids is 1. The Kier molecular flexibility index (Phi) is 11.3. The number of Topliss-reactive ketones (excluding diaryl/α,β-unsaturated/α-hetero) is 1. The van der Waals surface area contributed by atoms with E-state index in [2.05, 4.69) is 13.8 Å². The molecular formula is C34H54O8. The monoisotopic (exact) mass is 590 g/mol.